The van der Waals surface area contributed by atoms with Gasteiger partial charge in [-0.05, 0) is 36.2 Å². The fourth-order valence-electron chi connectivity index (χ4n) is 3.21. The Morgan fingerprint density at radius 2 is 1.96 bits per heavy atom. The molecule has 0 spiro atoms. The minimum absolute atomic E-state index is 0.0833. The minimum atomic E-state index is -0.0833. The third kappa shape index (κ3) is 2.69. The Kier molecular flexibility index (Phi) is 4.08. The van der Waals surface area contributed by atoms with Crippen LogP contribution in [0.1, 0.15) is 5.56 Å². The first-order valence-corrected chi connectivity index (χ1v) is 8.38. The van der Waals surface area contributed by atoms with E-state index >= 15 is 0 Å². The van der Waals surface area contributed by atoms with Crippen LogP contribution in [-0.2, 0) is 13.0 Å². The smallest absolute Gasteiger partial charge is 0.277 e. The van der Waals surface area contributed by atoms with Gasteiger partial charge in [-0.2, -0.15) is 0 Å². The van der Waals surface area contributed by atoms with Gasteiger partial charge in [-0.15, -0.1) is 0 Å². The van der Waals surface area contributed by atoms with Crippen molar-refractivity contribution in [3.05, 3.63) is 64.7 Å². The summed E-state index contributed by atoms with van der Waals surface area (Å²) in [7, 11) is 3.27. The van der Waals surface area contributed by atoms with Gasteiger partial charge in [0.15, 0.2) is 0 Å². The fraction of sp³-hybridized carbons (Fsp3) is 0.200. The zero-order valence-electron chi connectivity index (χ0n) is 14.7. The van der Waals surface area contributed by atoms with Gasteiger partial charge >= 0.3 is 0 Å². The van der Waals surface area contributed by atoms with Crippen LogP contribution in [0.3, 0.4) is 0 Å². The molecule has 0 aliphatic heterocycles. The Morgan fingerprint density at radius 3 is 2.77 bits per heavy atom. The molecule has 0 amide bonds. The van der Waals surface area contributed by atoms with E-state index < -0.39 is 0 Å². The van der Waals surface area contributed by atoms with Crippen molar-refractivity contribution >= 4 is 21.9 Å². The van der Waals surface area contributed by atoms with E-state index in [1.807, 2.05) is 42.5 Å². The maximum Gasteiger partial charge on any atom is 0.277 e. The van der Waals surface area contributed by atoms with Crippen LogP contribution in [-0.4, -0.2) is 28.8 Å². The molecule has 6 heteroatoms. The molecule has 4 aromatic rings. The summed E-state index contributed by atoms with van der Waals surface area (Å²) in [5.41, 5.74) is 3.02. The maximum absolute atomic E-state index is 12.9. The first-order chi connectivity index (χ1) is 12.7. The molecule has 0 atom stereocenters. The first-order valence-electron chi connectivity index (χ1n) is 8.38. The molecule has 2 aromatic carbocycles. The second-order valence-electron chi connectivity index (χ2n) is 6.07. The largest absolute Gasteiger partial charge is 0.497 e. The molecule has 0 unspecified atom stereocenters. The summed E-state index contributed by atoms with van der Waals surface area (Å²) in [6, 6.07) is 13.5. The quantitative estimate of drug-likeness (QED) is 0.601. The van der Waals surface area contributed by atoms with Crippen molar-refractivity contribution < 1.29 is 9.47 Å². The molecule has 0 aliphatic rings. The van der Waals surface area contributed by atoms with E-state index in [4.69, 9.17) is 9.47 Å². The maximum atomic E-state index is 12.9. The number of hydrogen-bond acceptors (Lipinski definition) is 4. The molecule has 0 aliphatic carbocycles. The van der Waals surface area contributed by atoms with Crippen molar-refractivity contribution in [1.82, 2.24) is 14.5 Å². The lowest BCUT2D eigenvalue weighted by atomic mass is 10.1. The molecule has 26 heavy (non-hydrogen) atoms. The molecular weight excluding hydrogens is 330 g/mol. The van der Waals surface area contributed by atoms with Crippen LogP contribution in [0.2, 0.25) is 0 Å². The van der Waals surface area contributed by atoms with Crippen LogP contribution in [0.25, 0.3) is 21.9 Å². The van der Waals surface area contributed by atoms with Gasteiger partial charge in [-0.1, -0.05) is 18.2 Å². The summed E-state index contributed by atoms with van der Waals surface area (Å²) < 4.78 is 12.3. The predicted molar refractivity (Wildman–Crippen MR) is 101 cm³/mol. The van der Waals surface area contributed by atoms with Gasteiger partial charge in [0.25, 0.3) is 5.56 Å². The number of ether oxygens (including phenoxy) is 2. The highest BCUT2D eigenvalue weighted by Gasteiger charge is 2.12. The molecule has 0 radical (unpaired) electrons. The van der Waals surface area contributed by atoms with E-state index in [0.29, 0.717) is 24.0 Å². The van der Waals surface area contributed by atoms with E-state index in [1.165, 1.54) is 0 Å². The van der Waals surface area contributed by atoms with E-state index in [2.05, 4.69) is 9.97 Å². The number of nitrogens with one attached hydrogen (secondary N) is 1. The molecule has 0 fully saturated rings. The summed E-state index contributed by atoms with van der Waals surface area (Å²) in [4.78, 5) is 20.5. The number of methoxy groups -OCH3 is 2. The number of aromatic amines is 1. The lowest BCUT2D eigenvalue weighted by Crippen LogP contribution is -2.21. The zero-order valence-corrected chi connectivity index (χ0v) is 14.7. The lowest BCUT2D eigenvalue weighted by molar-refractivity contribution is 0.408. The Balaban J connectivity index is 1.71. The number of nitrogens with zero attached hydrogens (tertiary/aromatic N) is 2. The van der Waals surface area contributed by atoms with Crippen molar-refractivity contribution in [3.8, 4) is 11.5 Å². The Hall–Kier alpha value is -3.28. The number of benzene rings is 2. The van der Waals surface area contributed by atoms with Crippen molar-refractivity contribution in [1.29, 1.82) is 0 Å². The van der Waals surface area contributed by atoms with Gasteiger partial charge in [0, 0.05) is 17.4 Å². The summed E-state index contributed by atoms with van der Waals surface area (Å²) in [5, 5.41) is 0.883. The summed E-state index contributed by atoms with van der Waals surface area (Å²) in [6.07, 6.45) is 2.29. The molecule has 2 heterocycles. The molecule has 4 rings (SSSR count). The molecule has 6 nitrogen and oxygen atoms in total. The lowest BCUT2D eigenvalue weighted by Gasteiger charge is -2.09. The normalized spacial score (nSPS) is 11.2. The van der Waals surface area contributed by atoms with Crippen LogP contribution in [0.15, 0.2) is 53.6 Å². The van der Waals surface area contributed by atoms with E-state index in [9.17, 15) is 4.79 Å². The highest BCUT2D eigenvalue weighted by atomic mass is 16.5. The molecule has 0 saturated carbocycles. The van der Waals surface area contributed by atoms with Gasteiger partial charge in [-0.25, -0.2) is 4.98 Å². The predicted octanol–water partition coefficient (Wildman–Crippen LogP) is 3.14. The fourth-order valence-corrected chi connectivity index (χ4v) is 3.21. The third-order valence-corrected chi connectivity index (χ3v) is 4.59. The van der Waals surface area contributed by atoms with Crippen molar-refractivity contribution in [2.45, 2.75) is 13.0 Å². The highest BCUT2D eigenvalue weighted by molar-refractivity contribution is 6.04. The number of H-pyrrole nitrogens is 1. The number of rotatable bonds is 5. The van der Waals surface area contributed by atoms with Gasteiger partial charge in [0.2, 0.25) is 0 Å². The topological polar surface area (TPSA) is 69.1 Å². The molecular formula is C20H19N3O3. The average molecular weight is 349 g/mol. The van der Waals surface area contributed by atoms with Crippen molar-refractivity contribution in [3.63, 3.8) is 0 Å². The Labute approximate surface area is 150 Å². The van der Waals surface area contributed by atoms with E-state index in [1.54, 1.807) is 25.1 Å². The summed E-state index contributed by atoms with van der Waals surface area (Å²) in [5.74, 6) is 1.56. The Morgan fingerprint density at radius 1 is 1.12 bits per heavy atom. The van der Waals surface area contributed by atoms with Gasteiger partial charge in [-0.3, -0.25) is 9.36 Å². The van der Waals surface area contributed by atoms with Gasteiger partial charge in [0.1, 0.15) is 22.5 Å². The molecule has 0 saturated heterocycles. The molecule has 1 N–H and O–H groups in total. The van der Waals surface area contributed by atoms with Gasteiger partial charge in [0.05, 0.1) is 20.5 Å². The van der Waals surface area contributed by atoms with E-state index in [0.717, 1.165) is 28.0 Å². The van der Waals surface area contributed by atoms with E-state index in [-0.39, 0.29) is 5.56 Å². The number of fused-ring (bicyclic) bond motifs is 3. The second kappa shape index (κ2) is 6.55. The van der Waals surface area contributed by atoms with Crippen LogP contribution in [0.5, 0.6) is 11.5 Å². The van der Waals surface area contributed by atoms with Crippen molar-refractivity contribution in [2.24, 2.45) is 0 Å². The third-order valence-electron chi connectivity index (χ3n) is 4.59. The SMILES string of the molecule is COc1ccc2[nH]c3c(=O)n(CCc4ccccc4OC)cnc3c2c1. The van der Waals surface area contributed by atoms with Gasteiger partial charge < -0.3 is 14.5 Å². The highest BCUT2D eigenvalue weighted by Crippen LogP contribution is 2.25. The average Bonchev–Trinajstić information content (AvgIpc) is 3.06. The molecule has 132 valence electrons. The first kappa shape index (κ1) is 16.2. The van der Waals surface area contributed by atoms with Crippen LogP contribution >= 0.6 is 0 Å². The molecule has 2 aromatic heterocycles. The zero-order chi connectivity index (χ0) is 18.1. The minimum Gasteiger partial charge on any atom is -0.497 e. The van der Waals surface area contributed by atoms with Crippen molar-refractivity contribution in [2.75, 3.05) is 14.2 Å². The second-order valence-corrected chi connectivity index (χ2v) is 6.07. The summed E-state index contributed by atoms with van der Waals surface area (Å²) in [6.45, 7) is 0.529. The molecule has 0 bridgehead atoms. The summed E-state index contributed by atoms with van der Waals surface area (Å²) >= 11 is 0. The number of hydrogen-bond donors (Lipinski definition) is 1. The number of aryl methyl sites for hydroxylation is 2. The monoisotopic (exact) mass is 349 g/mol. The van der Waals surface area contributed by atoms with Crippen LogP contribution in [0.4, 0.5) is 0 Å². The Bertz CT molecular complexity index is 1140. The number of para-hydroxylation sites is 1. The standard InChI is InChI=1S/C20H19N3O3/c1-25-14-7-8-16-15(11-14)18-19(22-16)20(24)23(12-21-18)10-9-13-5-3-4-6-17(13)26-2/h3-8,11-12,22H,9-10H2,1-2H3. The van der Waals surface area contributed by atoms with Crippen LogP contribution in [0, 0.1) is 0 Å². The van der Waals surface area contributed by atoms with Crippen LogP contribution < -0.4 is 15.0 Å². The number of aromatic nitrogens is 3.